The summed E-state index contributed by atoms with van der Waals surface area (Å²) in [5.41, 5.74) is 1.15. The molecular formula is C38H55FN4O8. The Morgan fingerprint density at radius 3 is 2.45 bits per heavy atom. The SMILES string of the molecule is CCOC(=O)CCCCCC(=O)Nc1ccc2c(c1)C(=O)N([C@@H](C)CO)C[C@H](C)[C@H](CN(C)C(=O)Nc1ccc(F)cc1)OCCCC[C@H](C)O2. The molecule has 51 heavy (non-hydrogen) atoms. The predicted molar refractivity (Wildman–Crippen MR) is 193 cm³/mol. The van der Waals surface area contributed by atoms with E-state index in [1.165, 1.54) is 29.2 Å². The Morgan fingerprint density at radius 1 is 1.04 bits per heavy atom. The van der Waals surface area contributed by atoms with Crippen molar-refractivity contribution in [3.63, 3.8) is 0 Å². The normalized spacial score (nSPS) is 19.2. The number of amides is 4. The lowest BCUT2D eigenvalue weighted by Gasteiger charge is -2.35. The van der Waals surface area contributed by atoms with Crippen molar-refractivity contribution in [3.8, 4) is 5.75 Å². The van der Waals surface area contributed by atoms with Gasteiger partial charge in [-0.15, -0.1) is 0 Å². The smallest absolute Gasteiger partial charge is 0.321 e. The van der Waals surface area contributed by atoms with Gasteiger partial charge in [-0.2, -0.15) is 0 Å². The lowest BCUT2D eigenvalue weighted by atomic mass is 10.0. The van der Waals surface area contributed by atoms with Crippen LogP contribution < -0.4 is 15.4 Å². The summed E-state index contributed by atoms with van der Waals surface area (Å²) in [4.78, 5) is 54.8. The first-order valence-electron chi connectivity index (χ1n) is 18.0. The third-order valence-corrected chi connectivity index (χ3v) is 8.82. The van der Waals surface area contributed by atoms with Crippen LogP contribution in [0.2, 0.25) is 0 Å². The van der Waals surface area contributed by atoms with Crippen molar-refractivity contribution in [2.75, 3.05) is 50.6 Å². The van der Waals surface area contributed by atoms with Crippen molar-refractivity contribution in [3.05, 3.63) is 53.8 Å². The lowest BCUT2D eigenvalue weighted by molar-refractivity contribution is -0.143. The number of aliphatic hydroxyl groups excluding tert-OH is 1. The van der Waals surface area contributed by atoms with Gasteiger partial charge in [0.2, 0.25) is 5.91 Å². The molecule has 0 bridgehead atoms. The second-order valence-electron chi connectivity index (χ2n) is 13.2. The van der Waals surface area contributed by atoms with E-state index in [0.717, 1.165) is 12.8 Å². The molecule has 0 aliphatic carbocycles. The number of unbranched alkanes of at least 4 members (excludes halogenated alkanes) is 2. The molecule has 3 N–H and O–H groups in total. The molecule has 4 atom stereocenters. The Morgan fingerprint density at radius 2 is 1.75 bits per heavy atom. The van der Waals surface area contributed by atoms with Gasteiger partial charge < -0.3 is 39.8 Å². The second-order valence-corrected chi connectivity index (χ2v) is 13.2. The minimum atomic E-state index is -0.564. The van der Waals surface area contributed by atoms with Crippen LogP contribution in [0.15, 0.2) is 42.5 Å². The lowest BCUT2D eigenvalue weighted by Crippen LogP contribution is -2.48. The van der Waals surface area contributed by atoms with Gasteiger partial charge in [-0.05, 0) is 95.3 Å². The molecule has 1 aliphatic heterocycles. The van der Waals surface area contributed by atoms with Crippen LogP contribution in [0.3, 0.4) is 0 Å². The number of anilines is 2. The highest BCUT2D eigenvalue weighted by Gasteiger charge is 2.31. The molecule has 4 amide bonds. The van der Waals surface area contributed by atoms with E-state index in [9.17, 15) is 28.7 Å². The van der Waals surface area contributed by atoms with Crippen molar-refractivity contribution < 1.29 is 42.9 Å². The number of halogens is 1. The standard InChI is InChI=1S/C38H55FN4O8/c1-6-49-36(46)14-9-7-8-13-35(45)40-31-19-20-33-32(22-31)37(47)43(27(3)25-44)23-26(2)34(50-21-11-10-12-28(4)51-33)24-42(5)38(48)41-30-17-15-29(39)16-18-30/h15-20,22,26-28,34,44H,6-14,21,23-25H2,1-5H3,(H,40,45)(H,41,48)/t26-,27-,28-,34-/m0/s1. The van der Waals surface area contributed by atoms with E-state index in [1.54, 1.807) is 44.0 Å². The van der Waals surface area contributed by atoms with E-state index in [4.69, 9.17) is 14.2 Å². The number of ether oxygens (including phenoxy) is 3. The molecule has 0 radical (unpaired) electrons. The number of aliphatic hydroxyl groups is 1. The van der Waals surface area contributed by atoms with Gasteiger partial charge in [-0.3, -0.25) is 14.4 Å². The molecule has 0 saturated carbocycles. The van der Waals surface area contributed by atoms with Gasteiger partial charge in [-0.25, -0.2) is 9.18 Å². The number of likely N-dealkylation sites (N-methyl/N-ethyl adjacent to an activating group) is 1. The highest BCUT2D eigenvalue weighted by Crippen LogP contribution is 2.29. The monoisotopic (exact) mass is 714 g/mol. The van der Waals surface area contributed by atoms with Gasteiger partial charge in [0, 0.05) is 56.9 Å². The first-order valence-corrected chi connectivity index (χ1v) is 18.0. The van der Waals surface area contributed by atoms with Crippen molar-refractivity contribution in [1.29, 1.82) is 0 Å². The second kappa shape index (κ2) is 21.2. The fraction of sp³-hybridized carbons (Fsp3) is 0.579. The van der Waals surface area contributed by atoms with Crippen LogP contribution in [0.1, 0.15) is 89.4 Å². The van der Waals surface area contributed by atoms with Crippen LogP contribution >= 0.6 is 0 Å². The quantitative estimate of drug-likeness (QED) is 0.163. The summed E-state index contributed by atoms with van der Waals surface area (Å²) < 4.78 is 30.9. The summed E-state index contributed by atoms with van der Waals surface area (Å²) in [6.45, 7) is 8.32. The average molecular weight is 715 g/mol. The van der Waals surface area contributed by atoms with Crippen LogP contribution in [-0.2, 0) is 19.1 Å². The summed E-state index contributed by atoms with van der Waals surface area (Å²) in [7, 11) is 1.65. The maximum atomic E-state index is 14.3. The van der Waals surface area contributed by atoms with Crippen LogP contribution in [0.5, 0.6) is 5.75 Å². The van der Waals surface area contributed by atoms with Crippen molar-refractivity contribution in [1.82, 2.24) is 9.80 Å². The minimum Gasteiger partial charge on any atom is -0.490 e. The molecular weight excluding hydrogens is 659 g/mol. The molecule has 0 saturated heterocycles. The summed E-state index contributed by atoms with van der Waals surface area (Å²) in [5, 5.41) is 15.9. The van der Waals surface area contributed by atoms with Crippen molar-refractivity contribution in [2.45, 2.75) is 97.3 Å². The van der Waals surface area contributed by atoms with Gasteiger partial charge in [0.15, 0.2) is 0 Å². The molecule has 1 aliphatic rings. The Balaban J connectivity index is 1.78. The Labute approximate surface area is 301 Å². The minimum absolute atomic E-state index is 0.204. The summed E-state index contributed by atoms with van der Waals surface area (Å²) in [6, 6.07) is 9.56. The molecule has 0 aromatic heterocycles. The molecule has 2 aromatic rings. The number of urea groups is 1. The number of benzene rings is 2. The van der Waals surface area contributed by atoms with E-state index in [2.05, 4.69) is 10.6 Å². The number of hydrogen-bond acceptors (Lipinski definition) is 8. The third kappa shape index (κ3) is 13.8. The molecule has 0 fully saturated rings. The number of carbonyl (C=O) groups is 4. The summed E-state index contributed by atoms with van der Waals surface area (Å²) in [6.07, 6.45) is 4.13. The average Bonchev–Trinajstić information content (AvgIpc) is 3.10. The molecule has 0 spiro atoms. The molecule has 13 heteroatoms. The summed E-state index contributed by atoms with van der Waals surface area (Å²) in [5.74, 6) is -1.11. The number of nitrogens with zero attached hydrogens (tertiary/aromatic N) is 2. The molecule has 3 rings (SSSR count). The number of hydrogen-bond donors (Lipinski definition) is 3. The van der Waals surface area contributed by atoms with E-state index in [-0.39, 0.29) is 67.5 Å². The molecule has 282 valence electrons. The van der Waals surface area contributed by atoms with E-state index < -0.39 is 18.0 Å². The molecule has 2 aromatic carbocycles. The third-order valence-electron chi connectivity index (χ3n) is 8.82. The van der Waals surface area contributed by atoms with Gasteiger partial charge in [0.05, 0.1) is 37.0 Å². The van der Waals surface area contributed by atoms with Crippen LogP contribution in [0.4, 0.5) is 20.6 Å². The topological polar surface area (TPSA) is 147 Å². The van der Waals surface area contributed by atoms with Crippen molar-refractivity contribution >= 4 is 35.2 Å². The van der Waals surface area contributed by atoms with Crippen LogP contribution in [-0.4, -0.2) is 96.9 Å². The Kier molecular flexibility index (Phi) is 17.1. The zero-order valence-electron chi connectivity index (χ0n) is 30.6. The van der Waals surface area contributed by atoms with Crippen LogP contribution in [0, 0.1) is 11.7 Å². The van der Waals surface area contributed by atoms with E-state index in [1.807, 2.05) is 13.8 Å². The fourth-order valence-corrected chi connectivity index (χ4v) is 5.76. The predicted octanol–water partition coefficient (Wildman–Crippen LogP) is 6.24. The Hall–Kier alpha value is -4.23. The zero-order chi connectivity index (χ0) is 37.3. The maximum Gasteiger partial charge on any atom is 0.321 e. The Bertz CT molecular complexity index is 1430. The van der Waals surface area contributed by atoms with Crippen LogP contribution in [0.25, 0.3) is 0 Å². The highest BCUT2D eigenvalue weighted by molar-refractivity contribution is 5.99. The number of fused-ring (bicyclic) bond motifs is 1. The molecule has 1 heterocycles. The van der Waals surface area contributed by atoms with Gasteiger partial charge >= 0.3 is 12.0 Å². The summed E-state index contributed by atoms with van der Waals surface area (Å²) >= 11 is 0. The molecule has 12 nitrogen and oxygen atoms in total. The van der Waals surface area contributed by atoms with Gasteiger partial charge in [0.1, 0.15) is 11.6 Å². The first-order chi connectivity index (χ1) is 24.4. The van der Waals surface area contributed by atoms with Gasteiger partial charge in [0.25, 0.3) is 5.91 Å². The number of carbonyl (C=O) groups excluding carboxylic acids is 4. The number of nitrogens with one attached hydrogen (secondary N) is 2. The largest absolute Gasteiger partial charge is 0.490 e. The maximum absolute atomic E-state index is 14.3. The number of esters is 1. The van der Waals surface area contributed by atoms with E-state index in [0.29, 0.717) is 62.4 Å². The first kappa shape index (κ1) is 41.2. The molecule has 0 unspecified atom stereocenters. The van der Waals surface area contributed by atoms with E-state index >= 15 is 0 Å². The number of rotatable bonds is 13. The highest BCUT2D eigenvalue weighted by atomic mass is 19.1. The fourth-order valence-electron chi connectivity index (χ4n) is 5.76. The zero-order valence-corrected chi connectivity index (χ0v) is 30.6. The van der Waals surface area contributed by atoms with Crippen molar-refractivity contribution in [2.24, 2.45) is 5.92 Å². The van der Waals surface area contributed by atoms with Gasteiger partial charge in [-0.1, -0.05) is 13.3 Å².